The summed E-state index contributed by atoms with van der Waals surface area (Å²) in [4.78, 5) is 8.63. The highest BCUT2D eigenvalue weighted by molar-refractivity contribution is 5.62. The molecule has 1 aliphatic rings. The van der Waals surface area contributed by atoms with E-state index in [4.69, 9.17) is 4.74 Å². The van der Waals surface area contributed by atoms with E-state index < -0.39 is 0 Å². The van der Waals surface area contributed by atoms with Gasteiger partial charge in [0.1, 0.15) is 0 Å². The second-order valence-electron chi connectivity index (χ2n) is 5.09. The minimum absolute atomic E-state index is 0.563. The maximum Gasteiger partial charge on any atom is 0.234 e. The highest BCUT2D eigenvalue weighted by atomic mass is 16.5. The number of fused-ring (bicyclic) bond motifs is 1. The van der Waals surface area contributed by atoms with Crippen LogP contribution in [-0.4, -0.2) is 23.1 Å². The van der Waals surface area contributed by atoms with Crippen LogP contribution in [-0.2, 0) is 13.0 Å². The van der Waals surface area contributed by atoms with Gasteiger partial charge in [0.2, 0.25) is 5.88 Å². The lowest BCUT2D eigenvalue weighted by molar-refractivity contribution is 0.304. The van der Waals surface area contributed by atoms with Crippen molar-refractivity contribution in [2.24, 2.45) is 0 Å². The summed E-state index contributed by atoms with van der Waals surface area (Å²) in [5, 5.41) is 6.76. The first-order valence-electron chi connectivity index (χ1n) is 7.40. The molecule has 110 valence electrons. The maximum atomic E-state index is 5.52. The van der Waals surface area contributed by atoms with E-state index in [-0.39, 0.29) is 0 Å². The Labute approximate surface area is 124 Å². The molecule has 0 radical (unpaired) electrons. The fourth-order valence-electron chi connectivity index (χ4n) is 2.47. The Kier molecular flexibility index (Phi) is 4.31. The van der Waals surface area contributed by atoms with Gasteiger partial charge in [-0.25, -0.2) is 0 Å². The summed E-state index contributed by atoms with van der Waals surface area (Å²) in [6.45, 7) is 4.66. The molecule has 0 fully saturated rings. The summed E-state index contributed by atoms with van der Waals surface area (Å²) >= 11 is 0. The van der Waals surface area contributed by atoms with Crippen LogP contribution in [0, 0.1) is 0 Å². The van der Waals surface area contributed by atoms with Crippen molar-refractivity contribution in [1.82, 2.24) is 15.3 Å². The van der Waals surface area contributed by atoms with Crippen molar-refractivity contribution < 1.29 is 4.74 Å². The first-order valence-corrected chi connectivity index (χ1v) is 7.40. The summed E-state index contributed by atoms with van der Waals surface area (Å²) < 4.78 is 5.52. The average molecular weight is 284 g/mol. The molecule has 0 bridgehead atoms. The van der Waals surface area contributed by atoms with Crippen LogP contribution in [0.4, 0.5) is 11.5 Å². The van der Waals surface area contributed by atoms with Gasteiger partial charge in [-0.2, -0.15) is 4.98 Å². The monoisotopic (exact) mass is 284 g/mol. The third-order valence-corrected chi connectivity index (χ3v) is 3.47. The van der Waals surface area contributed by atoms with Gasteiger partial charge in [0.25, 0.3) is 0 Å². The first kappa shape index (κ1) is 13.8. The van der Waals surface area contributed by atoms with Crippen LogP contribution in [0.25, 0.3) is 0 Å². The van der Waals surface area contributed by atoms with Crippen LogP contribution in [0.2, 0.25) is 0 Å². The van der Waals surface area contributed by atoms with Gasteiger partial charge in [-0.1, -0.05) is 19.1 Å². The molecular weight excluding hydrogens is 264 g/mol. The Bertz CT molecular complexity index is 615. The number of hydrogen-bond donors (Lipinski definition) is 2. The van der Waals surface area contributed by atoms with E-state index in [9.17, 15) is 0 Å². The van der Waals surface area contributed by atoms with Crippen LogP contribution in [0.5, 0.6) is 5.88 Å². The normalized spacial score (nSPS) is 13.6. The van der Waals surface area contributed by atoms with E-state index in [0.29, 0.717) is 12.5 Å². The van der Waals surface area contributed by atoms with Crippen LogP contribution < -0.4 is 15.4 Å². The minimum atomic E-state index is 0.563. The number of anilines is 2. The van der Waals surface area contributed by atoms with Gasteiger partial charge in [0.15, 0.2) is 5.82 Å². The molecule has 0 saturated heterocycles. The van der Waals surface area contributed by atoms with Crippen molar-refractivity contribution in [2.45, 2.75) is 26.3 Å². The van der Waals surface area contributed by atoms with Gasteiger partial charge < -0.3 is 15.4 Å². The lowest BCUT2D eigenvalue weighted by Gasteiger charge is -2.20. The number of nitrogens with zero attached hydrogens (tertiary/aromatic N) is 2. The fraction of sp³-hybridized carbons (Fsp3) is 0.375. The van der Waals surface area contributed by atoms with Crippen LogP contribution in [0.15, 0.2) is 30.6 Å². The van der Waals surface area contributed by atoms with E-state index in [1.165, 1.54) is 11.1 Å². The summed E-state index contributed by atoms with van der Waals surface area (Å²) in [5.41, 5.74) is 3.81. The SMILES string of the molecule is CCCOc1cncc(Nc2cccc3c2CCNC3)n1. The Hall–Kier alpha value is -2.14. The summed E-state index contributed by atoms with van der Waals surface area (Å²) in [6, 6.07) is 6.32. The molecule has 0 atom stereocenters. The lowest BCUT2D eigenvalue weighted by Crippen LogP contribution is -2.24. The second kappa shape index (κ2) is 6.54. The predicted molar refractivity (Wildman–Crippen MR) is 83.0 cm³/mol. The summed E-state index contributed by atoms with van der Waals surface area (Å²) in [6.07, 6.45) is 5.35. The molecule has 5 heteroatoms. The van der Waals surface area contributed by atoms with E-state index in [1.807, 2.05) is 0 Å². The van der Waals surface area contributed by atoms with E-state index in [0.717, 1.165) is 37.4 Å². The smallest absolute Gasteiger partial charge is 0.234 e. The number of aromatic nitrogens is 2. The molecule has 2 aromatic rings. The van der Waals surface area contributed by atoms with Crippen LogP contribution in [0.3, 0.4) is 0 Å². The molecule has 2 heterocycles. The third-order valence-electron chi connectivity index (χ3n) is 3.47. The molecule has 0 aliphatic carbocycles. The van der Waals surface area contributed by atoms with Crippen molar-refractivity contribution >= 4 is 11.5 Å². The fourth-order valence-corrected chi connectivity index (χ4v) is 2.47. The van der Waals surface area contributed by atoms with E-state index in [1.54, 1.807) is 12.4 Å². The molecule has 0 amide bonds. The number of nitrogens with one attached hydrogen (secondary N) is 2. The molecule has 0 unspecified atom stereocenters. The van der Waals surface area contributed by atoms with Crippen molar-refractivity contribution in [3.8, 4) is 5.88 Å². The number of ether oxygens (including phenoxy) is 1. The third kappa shape index (κ3) is 3.31. The zero-order valence-corrected chi connectivity index (χ0v) is 12.2. The first-order chi connectivity index (χ1) is 10.4. The van der Waals surface area contributed by atoms with Gasteiger partial charge in [0.05, 0.1) is 19.0 Å². The van der Waals surface area contributed by atoms with Crippen molar-refractivity contribution in [1.29, 1.82) is 0 Å². The quantitative estimate of drug-likeness (QED) is 0.884. The van der Waals surface area contributed by atoms with Crippen LogP contribution >= 0.6 is 0 Å². The average Bonchev–Trinajstić information content (AvgIpc) is 2.54. The van der Waals surface area contributed by atoms with Gasteiger partial charge in [-0.15, -0.1) is 0 Å². The van der Waals surface area contributed by atoms with E-state index in [2.05, 4.69) is 45.7 Å². The highest BCUT2D eigenvalue weighted by Crippen LogP contribution is 2.25. The summed E-state index contributed by atoms with van der Waals surface area (Å²) in [7, 11) is 0. The van der Waals surface area contributed by atoms with Crippen molar-refractivity contribution in [3.63, 3.8) is 0 Å². The standard InChI is InChI=1S/C16H20N4O/c1-2-8-21-16-11-18-10-15(20-16)19-14-5-3-4-12-9-17-7-6-13(12)14/h3-5,10-11,17H,2,6-9H2,1H3,(H,19,20). The molecule has 1 aromatic carbocycles. The molecular formula is C16H20N4O. The van der Waals surface area contributed by atoms with Crippen LogP contribution in [0.1, 0.15) is 24.5 Å². The number of benzene rings is 1. The molecule has 1 aromatic heterocycles. The maximum absolute atomic E-state index is 5.52. The van der Waals surface area contributed by atoms with Gasteiger partial charge in [-0.3, -0.25) is 4.98 Å². The number of rotatable bonds is 5. The Morgan fingerprint density at radius 1 is 1.33 bits per heavy atom. The predicted octanol–water partition coefficient (Wildman–Crippen LogP) is 2.65. The second-order valence-corrected chi connectivity index (χ2v) is 5.09. The zero-order valence-electron chi connectivity index (χ0n) is 12.2. The highest BCUT2D eigenvalue weighted by Gasteiger charge is 2.13. The molecule has 2 N–H and O–H groups in total. The topological polar surface area (TPSA) is 59.1 Å². The largest absolute Gasteiger partial charge is 0.477 e. The molecule has 0 saturated carbocycles. The summed E-state index contributed by atoms with van der Waals surface area (Å²) in [5.74, 6) is 1.28. The molecule has 3 rings (SSSR count). The molecule has 21 heavy (non-hydrogen) atoms. The number of hydrogen-bond acceptors (Lipinski definition) is 5. The van der Waals surface area contributed by atoms with Gasteiger partial charge >= 0.3 is 0 Å². The molecule has 5 nitrogen and oxygen atoms in total. The van der Waals surface area contributed by atoms with Crippen molar-refractivity contribution in [3.05, 3.63) is 41.7 Å². The zero-order chi connectivity index (χ0) is 14.5. The van der Waals surface area contributed by atoms with E-state index >= 15 is 0 Å². The Morgan fingerprint density at radius 2 is 2.29 bits per heavy atom. The lowest BCUT2D eigenvalue weighted by atomic mass is 9.99. The van der Waals surface area contributed by atoms with Gasteiger partial charge in [-0.05, 0) is 36.6 Å². The molecule has 0 spiro atoms. The molecule has 1 aliphatic heterocycles. The van der Waals surface area contributed by atoms with Gasteiger partial charge in [0, 0.05) is 12.2 Å². The Morgan fingerprint density at radius 3 is 3.19 bits per heavy atom. The van der Waals surface area contributed by atoms with Crippen molar-refractivity contribution in [2.75, 3.05) is 18.5 Å². The Balaban J connectivity index is 1.80. The minimum Gasteiger partial charge on any atom is -0.477 e.